The summed E-state index contributed by atoms with van der Waals surface area (Å²) in [6.07, 6.45) is 3.04. The number of piperazine rings is 1. The van der Waals surface area contributed by atoms with Gasteiger partial charge in [-0.05, 0) is 75.1 Å². The molecule has 4 aliphatic heterocycles. The number of ether oxygens (including phenoxy) is 4. The van der Waals surface area contributed by atoms with E-state index in [0.717, 1.165) is 94.1 Å². The average molecular weight is 1140 g/mol. The first-order valence-corrected chi connectivity index (χ1v) is 29.5. The number of rotatable bonds is 22. The van der Waals surface area contributed by atoms with Gasteiger partial charge in [0.05, 0.1) is 66.0 Å². The molecule has 21 heteroatoms. The van der Waals surface area contributed by atoms with Crippen LogP contribution in [-0.2, 0) is 43.4 Å². The van der Waals surface area contributed by atoms with Gasteiger partial charge in [0.1, 0.15) is 47.7 Å². The largest absolute Gasteiger partial charge is 0.508 e. The van der Waals surface area contributed by atoms with Gasteiger partial charge in [-0.1, -0.05) is 62.0 Å². The van der Waals surface area contributed by atoms with E-state index in [4.69, 9.17) is 33.4 Å². The number of phenolic OH excluding ortho intramolecular Hbond substituents is 1. The Kier molecular flexibility index (Phi) is 18.7. The average Bonchev–Trinajstić information content (AvgIpc) is 4.37. The number of aromatic hydroxyl groups is 1. The smallest absolute Gasteiger partial charge is 0.318 e. The minimum absolute atomic E-state index is 0.0485. The lowest BCUT2D eigenvalue weighted by Gasteiger charge is -2.38. The van der Waals surface area contributed by atoms with E-state index in [1.807, 2.05) is 73.6 Å². The van der Waals surface area contributed by atoms with E-state index in [1.54, 1.807) is 30.4 Å². The number of phenols is 1. The van der Waals surface area contributed by atoms with E-state index in [1.165, 1.54) is 11.0 Å². The molecule has 3 aromatic carbocycles. The van der Waals surface area contributed by atoms with Crippen molar-refractivity contribution in [3.63, 3.8) is 0 Å². The number of aliphatic hydroxyl groups is 1. The number of benzene rings is 3. The Hall–Kier alpha value is -7.17. The number of fused-ring (bicyclic) bond motifs is 2. The predicted octanol–water partition coefficient (Wildman–Crippen LogP) is 6.82. The summed E-state index contributed by atoms with van der Waals surface area (Å²) >= 11 is 1.54. The number of thiazole rings is 1. The highest BCUT2D eigenvalue weighted by atomic mass is 32.1. The zero-order chi connectivity index (χ0) is 57.4. The van der Waals surface area contributed by atoms with Crippen LogP contribution in [0.2, 0.25) is 0 Å². The maximum absolute atomic E-state index is 14.0. The van der Waals surface area contributed by atoms with Crippen molar-refractivity contribution in [2.75, 3.05) is 95.1 Å². The Morgan fingerprint density at radius 2 is 1.72 bits per heavy atom. The minimum atomic E-state index is -0.856. The fraction of sp³-hybridized carbons (Fsp3) is 0.492. The van der Waals surface area contributed by atoms with E-state index in [9.17, 15) is 24.6 Å². The second kappa shape index (κ2) is 26.4. The lowest BCUT2D eigenvalue weighted by atomic mass is 9.91. The van der Waals surface area contributed by atoms with Crippen LogP contribution in [0.25, 0.3) is 21.2 Å². The summed E-state index contributed by atoms with van der Waals surface area (Å²) in [6, 6.07) is 18.8. The number of anilines is 2. The standard InChI is InChI=1S/C61H76N10O10S/c1-7-55(74)68-20-22-69(23-21-68)58-49-16-19-70(51-31-45(72)29-42-10-8-9-11-48(42)51)36-50(49)64-61(65-58)80-40(5)34-67-17-14-47(15-18-67)78-26-24-77-25-27-79-53-30-43(57-41(6)63-37-82-57)12-13-44(53)33-62-59(75)52-32-46(73)35-71(52)60(76)56(38(2)3)54-28-39(4)66-81-54/h7-13,28-31,37-38,40,46-47,52,56,72-73H,1,14-27,32-36H2,2-6H3,(H,62,75)/t40-,46-,52+,56+/m1/s1. The van der Waals surface area contributed by atoms with Gasteiger partial charge < -0.3 is 58.6 Å². The molecule has 4 atom stereocenters. The molecule has 0 aliphatic carbocycles. The molecule has 3 aromatic heterocycles. The SMILES string of the molecule is C=CC(=O)N1CCN(c2nc(O[C@H](C)CN3CCC(OCCOCCOc4cc(-c5scnc5C)ccc4CNC(=O)[C@@H]4C[C@@H](O)CN4C(=O)[C@H](c4cc(C)no4)C(C)C)CC3)nc3c2CCN(c2cc(O)cc4ccccc24)C3)CC1. The summed E-state index contributed by atoms with van der Waals surface area (Å²) in [5.74, 6) is 0.628. The molecule has 3 saturated heterocycles. The third kappa shape index (κ3) is 13.7. The number of carbonyl (C=O) groups is 3. The molecule has 4 aliphatic rings. The monoisotopic (exact) mass is 1140 g/mol. The van der Waals surface area contributed by atoms with Crippen LogP contribution in [0.3, 0.4) is 0 Å². The number of aryl methyl sites for hydroxylation is 2. The number of nitrogens with zero attached hydrogens (tertiary/aromatic N) is 9. The van der Waals surface area contributed by atoms with E-state index in [2.05, 4.69) is 49.7 Å². The van der Waals surface area contributed by atoms with E-state index in [0.29, 0.717) is 82.3 Å². The molecule has 3 fully saturated rings. The van der Waals surface area contributed by atoms with Crippen LogP contribution >= 0.6 is 11.3 Å². The Labute approximate surface area is 483 Å². The molecule has 7 heterocycles. The molecule has 0 saturated carbocycles. The first-order chi connectivity index (χ1) is 39.7. The second-order valence-electron chi connectivity index (χ2n) is 22.2. The van der Waals surface area contributed by atoms with E-state index >= 15 is 0 Å². The first kappa shape index (κ1) is 58.0. The van der Waals surface area contributed by atoms with Gasteiger partial charge in [-0.15, -0.1) is 11.3 Å². The minimum Gasteiger partial charge on any atom is -0.508 e. The Balaban J connectivity index is 0.691. The van der Waals surface area contributed by atoms with Crippen molar-refractivity contribution in [3.8, 4) is 28.0 Å². The summed E-state index contributed by atoms with van der Waals surface area (Å²) in [5, 5.41) is 30.4. The maximum atomic E-state index is 14.0. The van der Waals surface area contributed by atoms with Crippen LogP contribution in [0, 0.1) is 19.8 Å². The summed E-state index contributed by atoms with van der Waals surface area (Å²) in [7, 11) is 0. The number of hydrogen-bond acceptors (Lipinski definition) is 18. The van der Waals surface area contributed by atoms with Crippen LogP contribution < -0.4 is 24.6 Å². The molecule has 20 nitrogen and oxygen atoms in total. The second-order valence-corrected chi connectivity index (χ2v) is 23.0. The van der Waals surface area contributed by atoms with Crippen LogP contribution in [0.15, 0.2) is 83.4 Å². The molecule has 436 valence electrons. The van der Waals surface area contributed by atoms with E-state index < -0.39 is 18.1 Å². The molecule has 0 unspecified atom stereocenters. The Morgan fingerprint density at radius 3 is 2.46 bits per heavy atom. The van der Waals surface area contributed by atoms with Gasteiger partial charge in [0.25, 0.3) is 0 Å². The molecule has 0 radical (unpaired) electrons. The van der Waals surface area contributed by atoms with Crippen LogP contribution in [0.4, 0.5) is 11.5 Å². The predicted molar refractivity (Wildman–Crippen MR) is 312 cm³/mol. The van der Waals surface area contributed by atoms with Crippen molar-refractivity contribution in [2.24, 2.45) is 5.92 Å². The van der Waals surface area contributed by atoms with Gasteiger partial charge in [0, 0.05) is 106 Å². The maximum Gasteiger partial charge on any atom is 0.318 e. The lowest BCUT2D eigenvalue weighted by Crippen LogP contribution is -2.49. The fourth-order valence-corrected chi connectivity index (χ4v) is 12.5. The lowest BCUT2D eigenvalue weighted by molar-refractivity contribution is -0.141. The molecular weight excluding hydrogens is 1060 g/mol. The molecule has 82 heavy (non-hydrogen) atoms. The van der Waals surface area contributed by atoms with Crippen molar-refractivity contribution < 1.29 is 48.1 Å². The zero-order valence-electron chi connectivity index (χ0n) is 47.6. The highest BCUT2D eigenvalue weighted by Crippen LogP contribution is 2.38. The van der Waals surface area contributed by atoms with Crippen molar-refractivity contribution in [3.05, 3.63) is 113 Å². The highest BCUT2D eigenvalue weighted by Gasteiger charge is 2.43. The van der Waals surface area contributed by atoms with Gasteiger partial charge in [-0.3, -0.25) is 19.3 Å². The van der Waals surface area contributed by atoms with Crippen molar-refractivity contribution in [1.82, 2.24) is 40.1 Å². The molecule has 10 rings (SSSR count). The molecule has 0 bridgehead atoms. The summed E-state index contributed by atoms with van der Waals surface area (Å²) < 4.78 is 30.7. The summed E-state index contributed by atoms with van der Waals surface area (Å²) in [4.78, 5) is 66.1. The molecular formula is C61H76N10O10S. The zero-order valence-corrected chi connectivity index (χ0v) is 48.4. The molecule has 3 amide bonds. The number of aliphatic hydroxyl groups excluding tert-OH is 1. The molecule has 0 spiro atoms. The van der Waals surface area contributed by atoms with Gasteiger partial charge in [0.15, 0.2) is 0 Å². The quantitative estimate of drug-likeness (QED) is 0.0469. The van der Waals surface area contributed by atoms with Gasteiger partial charge in [0.2, 0.25) is 17.7 Å². The number of aromatic nitrogens is 4. The van der Waals surface area contributed by atoms with Gasteiger partial charge in [-0.2, -0.15) is 9.97 Å². The molecule has 3 N–H and O–H groups in total. The topological polar surface area (TPSA) is 222 Å². The molecule has 6 aromatic rings. The Bertz CT molecular complexity index is 3210. The number of amides is 3. The first-order valence-electron chi connectivity index (χ1n) is 28.7. The highest BCUT2D eigenvalue weighted by molar-refractivity contribution is 7.13. The van der Waals surface area contributed by atoms with Crippen molar-refractivity contribution >= 4 is 51.3 Å². The van der Waals surface area contributed by atoms with Gasteiger partial charge >= 0.3 is 6.01 Å². The summed E-state index contributed by atoms with van der Waals surface area (Å²) in [5.41, 5.74) is 8.02. The normalized spacial score (nSPS) is 18.7. The van der Waals surface area contributed by atoms with Crippen LogP contribution in [-0.4, -0.2) is 172 Å². The number of hydrogen-bond donors (Lipinski definition) is 3. The number of β-amino-alcohol motifs (C(OH)–C–C–N with tert-alkyl or cyclic N) is 1. The van der Waals surface area contributed by atoms with E-state index in [-0.39, 0.29) is 67.7 Å². The summed E-state index contributed by atoms with van der Waals surface area (Å²) in [6.45, 7) is 21.1. The number of nitrogens with one attached hydrogen (secondary N) is 1. The van der Waals surface area contributed by atoms with Crippen molar-refractivity contribution in [2.45, 2.75) is 104 Å². The van der Waals surface area contributed by atoms with Crippen LogP contribution in [0.1, 0.15) is 79.9 Å². The Morgan fingerprint density at radius 1 is 0.927 bits per heavy atom. The van der Waals surface area contributed by atoms with Gasteiger partial charge in [-0.25, -0.2) is 4.98 Å². The van der Waals surface area contributed by atoms with Crippen LogP contribution in [0.5, 0.6) is 17.5 Å². The number of piperidine rings is 1. The number of carbonyl (C=O) groups excluding carboxylic acids is 3. The third-order valence-corrected chi connectivity index (χ3v) is 16.9. The fourth-order valence-electron chi connectivity index (χ4n) is 11.7. The third-order valence-electron chi connectivity index (χ3n) is 16.0. The van der Waals surface area contributed by atoms with Crippen molar-refractivity contribution in [1.29, 1.82) is 0 Å². The number of likely N-dealkylation sites (tertiary alicyclic amines) is 2.